The van der Waals surface area contributed by atoms with Crippen LogP contribution in [0.15, 0.2) is 54.6 Å². The summed E-state index contributed by atoms with van der Waals surface area (Å²) in [6, 6.07) is 18.2. The summed E-state index contributed by atoms with van der Waals surface area (Å²) in [5.41, 5.74) is 5.91. The van der Waals surface area contributed by atoms with Crippen LogP contribution in [0.3, 0.4) is 0 Å². The fraction of sp³-hybridized carbons (Fsp3) is 0.286. The second-order valence-electron chi connectivity index (χ2n) is 9.10. The second kappa shape index (κ2) is 9.90. The number of amides is 1. The quantitative estimate of drug-likeness (QED) is 0.397. The van der Waals surface area contributed by atoms with Crippen molar-refractivity contribution in [1.29, 1.82) is 0 Å². The fourth-order valence-electron chi connectivity index (χ4n) is 4.05. The molecule has 0 unspecified atom stereocenters. The topological polar surface area (TPSA) is 69.6 Å². The normalized spacial score (nSPS) is 11.3. The summed E-state index contributed by atoms with van der Waals surface area (Å²) in [5, 5.41) is 12.7. The third-order valence-corrected chi connectivity index (χ3v) is 6.41. The molecule has 0 aliphatic heterocycles. The molecule has 3 aromatic rings. The number of nitrogens with zero attached hydrogens (tertiary/aromatic N) is 1. The van der Waals surface area contributed by atoms with Crippen molar-refractivity contribution in [3.05, 3.63) is 81.9 Å². The Morgan fingerprint density at radius 3 is 2.09 bits per heavy atom. The molecule has 0 fully saturated rings. The van der Waals surface area contributed by atoms with E-state index in [9.17, 15) is 14.7 Å². The minimum Gasteiger partial charge on any atom is -0.480 e. The van der Waals surface area contributed by atoms with Gasteiger partial charge in [-0.05, 0) is 99.7 Å². The van der Waals surface area contributed by atoms with Gasteiger partial charge in [-0.25, -0.2) is 4.79 Å². The SMILES string of the molecule is CCN(c1cccc(-c2cc(C)c(C(=O)NC(C)(C)C(=O)O)c(C)c2)c1)c1ccc(Cl)c(C)c1. The van der Waals surface area contributed by atoms with E-state index < -0.39 is 17.4 Å². The molecule has 0 heterocycles. The molecule has 0 atom stereocenters. The third kappa shape index (κ3) is 5.26. The van der Waals surface area contributed by atoms with Crippen LogP contribution < -0.4 is 10.2 Å². The van der Waals surface area contributed by atoms with E-state index in [1.165, 1.54) is 13.8 Å². The molecule has 2 N–H and O–H groups in total. The molecule has 6 heteroatoms. The molecule has 0 saturated heterocycles. The van der Waals surface area contributed by atoms with Crippen molar-refractivity contribution in [3.63, 3.8) is 0 Å². The standard InChI is InChI=1S/C28H31ClN2O3/c1-7-31(23-11-12-24(29)17(2)15-23)22-10-8-9-20(16-22)21-13-18(3)25(19(4)14-21)26(32)30-28(5,6)27(33)34/h8-16H,7H2,1-6H3,(H,30,32)(H,33,34). The van der Waals surface area contributed by atoms with Crippen LogP contribution in [0.5, 0.6) is 0 Å². The predicted molar refractivity (Wildman–Crippen MR) is 139 cm³/mol. The Morgan fingerprint density at radius 1 is 0.912 bits per heavy atom. The molecule has 0 aromatic heterocycles. The van der Waals surface area contributed by atoms with Crippen molar-refractivity contribution < 1.29 is 14.7 Å². The van der Waals surface area contributed by atoms with Crippen molar-refractivity contribution in [2.45, 2.75) is 47.1 Å². The molecular weight excluding hydrogens is 448 g/mol. The van der Waals surface area contributed by atoms with Gasteiger partial charge in [-0.15, -0.1) is 0 Å². The van der Waals surface area contributed by atoms with Gasteiger partial charge in [0.1, 0.15) is 5.54 Å². The number of hydrogen-bond donors (Lipinski definition) is 2. The van der Waals surface area contributed by atoms with E-state index in [-0.39, 0.29) is 0 Å². The molecule has 34 heavy (non-hydrogen) atoms. The molecule has 3 rings (SSSR count). The van der Waals surface area contributed by atoms with E-state index in [0.29, 0.717) is 5.56 Å². The first-order valence-electron chi connectivity index (χ1n) is 11.3. The monoisotopic (exact) mass is 478 g/mol. The lowest BCUT2D eigenvalue weighted by molar-refractivity contribution is -0.143. The Kier molecular flexibility index (Phi) is 7.37. The van der Waals surface area contributed by atoms with E-state index in [1.807, 2.05) is 57.2 Å². The van der Waals surface area contributed by atoms with E-state index >= 15 is 0 Å². The Balaban J connectivity index is 1.97. The largest absolute Gasteiger partial charge is 0.480 e. The number of carbonyl (C=O) groups excluding carboxylic acids is 1. The average Bonchev–Trinajstić information content (AvgIpc) is 2.76. The summed E-state index contributed by atoms with van der Waals surface area (Å²) in [6.45, 7) is 11.6. The number of anilines is 2. The van der Waals surface area contributed by atoms with Crippen molar-refractivity contribution in [2.75, 3.05) is 11.4 Å². The van der Waals surface area contributed by atoms with Crippen LogP contribution in [0.1, 0.15) is 47.8 Å². The van der Waals surface area contributed by atoms with Crippen molar-refractivity contribution in [3.8, 4) is 11.1 Å². The summed E-state index contributed by atoms with van der Waals surface area (Å²) in [7, 11) is 0. The number of hydrogen-bond acceptors (Lipinski definition) is 3. The summed E-state index contributed by atoms with van der Waals surface area (Å²) in [4.78, 5) is 26.5. The second-order valence-corrected chi connectivity index (χ2v) is 9.50. The Hall–Kier alpha value is -3.31. The molecule has 5 nitrogen and oxygen atoms in total. The Labute approximate surface area is 206 Å². The lowest BCUT2D eigenvalue weighted by Crippen LogP contribution is -2.49. The number of aliphatic carboxylic acids is 1. The molecule has 1 amide bonds. The number of aryl methyl sites for hydroxylation is 3. The zero-order valence-corrected chi connectivity index (χ0v) is 21.2. The summed E-state index contributed by atoms with van der Waals surface area (Å²) < 4.78 is 0. The Morgan fingerprint density at radius 2 is 1.53 bits per heavy atom. The number of carboxylic acid groups (broad SMARTS) is 1. The zero-order valence-electron chi connectivity index (χ0n) is 20.5. The van der Waals surface area contributed by atoms with E-state index in [4.69, 9.17) is 11.6 Å². The number of nitrogens with one attached hydrogen (secondary N) is 1. The van der Waals surface area contributed by atoms with Gasteiger partial charge in [-0.2, -0.15) is 0 Å². The molecule has 0 radical (unpaired) electrons. The maximum Gasteiger partial charge on any atom is 0.328 e. The van der Waals surface area contributed by atoms with Crippen LogP contribution in [0.25, 0.3) is 11.1 Å². The number of rotatable bonds is 7. The molecule has 0 bridgehead atoms. The number of carboxylic acids is 1. The highest BCUT2D eigenvalue weighted by molar-refractivity contribution is 6.31. The van der Waals surface area contributed by atoms with Crippen LogP contribution in [-0.4, -0.2) is 29.1 Å². The fourth-order valence-corrected chi connectivity index (χ4v) is 4.17. The van der Waals surface area contributed by atoms with Gasteiger partial charge in [0.05, 0.1) is 0 Å². The summed E-state index contributed by atoms with van der Waals surface area (Å²) >= 11 is 6.22. The molecule has 3 aromatic carbocycles. The molecular formula is C28H31ClN2O3. The number of carbonyl (C=O) groups is 2. The van der Waals surface area contributed by atoms with Gasteiger partial charge < -0.3 is 15.3 Å². The summed E-state index contributed by atoms with van der Waals surface area (Å²) in [6.07, 6.45) is 0. The first-order chi connectivity index (χ1) is 15.9. The Bertz CT molecular complexity index is 1230. The van der Waals surface area contributed by atoms with Gasteiger partial charge in [-0.1, -0.05) is 35.9 Å². The van der Waals surface area contributed by atoms with Gasteiger partial charge in [0.2, 0.25) is 0 Å². The highest BCUT2D eigenvalue weighted by Gasteiger charge is 2.30. The molecule has 0 spiro atoms. The lowest BCUT2D eigenvalue weighted by Gasteiger charge is -2.25. The summed E-state index contributed by atoms with van der Waals surface area (Å²) in [5.74, 6) is -1.47. The zero-order chi connectivity index (χ0) is 25.2. The first-order valence-corrected chi connectivity index (χ1v) is 11.6. The molecule has 0 aliphatic carbocycles. The number of benzene rings is 3. The van der Waals surface area contributed by atoms with Crippen molar-refractivity contribution >= 4 is 34.9 Å². The van der Waals surface area contributed by atoms with E-state index in [2.05, 4.69) is 35.3 Å². The van der Waals surface area contributed by atoms with E-state index in [1.54, 1.807) is 0 Å². The van der Waals surface area contributed by atoms with Crippen molar-refractivity contribution in [1.82, 2.24) is 5.32 Å². The maximum atomic E-state index is 12.9. The minimum atomic E-state index is -1.35. The number of halogens is 1. The van der Waals surface area contributed by atoms with Crippen LogP contribution in [0.4, 0.5) is 11.4 Å². The van der Waals surface area contributed by atoms with Crippen LogP contribution >= 0.6 is 11.6 Å². The third-order valence-electron chi connectivity index (χ3n) is 5.98. The van der Waals surface area contributed by atoms with Gasteiger partial charge >= 0.3 is 5.97 Å². The van der Waals surface area contributed by atoms with Crippen LogP contribution in [0, 0.1) is 20.8 Å². The lowest BCUT2D eigenvalue weighted by atomic mass is 9.94. The highest BCUT2D eigenvalue weighted by Crippen LogP contribution is 2.33. The van der Waals surface area contributed by atoms with Crippen molar-refractivity contribution in [2.24, 2.45) is 0 Å². The molecule has 0 aliphatic rings. The van der Waals surface area contributed by atoms with E-state index in [0.717, 1.165) is 50.8 Å². The first kappa shape index (κ1) is 25.3. The van der Waals surface area contributed by atoms with Crippen LogP contribution in [-0.2, 0) is 4.79 Å². The minimum absolute atomic E-state index is 0.391. The predicted octanol–water partition coefficient (Wildman–Crippen LogP) is 6.68. The molecule has 0 saturated carbocycles. The van der Waals surface area contributed by atoms with Gasteiger partial charge in [0.15, 0.2) is 0 Å². The van der Waals surface area contributed by atoms with Gasteiger partial charge in [0, 0.05) is 28.5 Å². The average molecular weight is 479 g/mol. The smallest absolute Gasteiger partial charge is 0.328 e. The van der Waals surface area contributed by atoms with Crippen LogP contribution in [0.2, 0.25) is 5.02 Å². The maximum absolute atomic E-state index is 12.9. The highest BCUT2D eigenvalue weighted by atomic mass is 35.5. The molecule has 178 valence electrons. The van der Waals surface area contributed by atoms with Gasteiger partial charge in [-0.3, -0.25) is 4.79 Å². The van der Waals surface area contributed by atoms with Gasteiger partial charge in [0.25, 0.3) is 5.91 Å².